The van der Waals surface area contributed by atoms with Crippen LogP contribution in [-0.2, 0) is 9.84 Å². The Morgan fingerprint density at radius 3 is 2.29 bits per heavy atom. The van der Waals surface area contributed by atoms with Crippen molar-refractivity contribution < 1.29 is 13.5 Å². The highest BCUT2D eigenvalue weighted by atomic mass is 35.5. The molecular weight excluding hydrogens is 369 g/mol. The highest BCUT2D eigenvalue weighted by Crippen LogP contribution is 2.63. The van der Waals surface area contributed by atoms with E-state index in [2.05, 4.69) is 0 Å². The zero-order valence-corrected chi connectivity index (χ0v) is 15.0. The second-order valence-corrected chi connectivity index (χ2v) is 8.99. The largest absolute Gasteiger partial charge is 0.396 e. The Kier molecular flexibility index (Phi) is 4.66. The summed E-state index contributed by atoms with van der Waals surface area (Å²) in [6, 6.07) is 13.0. The number of benzene rings is 2. The molecule has 1 aliphatic carbocycles. The molecular formula is C17H17Cl2NO3S. The van der Waals surface area contributed by atoms with Gasteiger partial charge in [-0.2, -0.15) is 0 Å². The first-order valence-electron chi connectivity index (χ1n) is 7.42. The number of nitrogens with two attached hydrogens (primary N) is 1. The minimum absolute atomic E-state index is 0.0676. The van der Waals surface area contributed by atoms with E-state index in [9.17, 15) is 13.5 Å². The molecule has 4 nitrogen and oxygen atoms in total. The zero-order valence-electron chi connectivity index (χ0n) is 12.7. The Bertz CT molecular complexity index is 848. The van der Waals surface area contributed by atoms with Crippen LogP contribution < -0.4 is 5.73 Å². The zero-order chi connectivity index (χ0) is 17.5. The molecule has 1 saturated carbocycles. The fourth-order valence-electron chi connectivity index (χ4n) is 3.42. The molecule has 1 aliphatic rings. The van der Waals surface area contributed by atoms with Crippen molar-refractivity contribution in [3.63, 3.8) is 0 Å². The van der Waals surface area contributed by atoms with Gasteiger partial charge in [0.05, 0.1) is 16.8 Å². The Morgan fingerprint density at radius 1 is 1.08 bits per heavy atom. The Balaban J connectivity index is 2.06. The second-order valence-electron chi connectivity index (χ2n) is 6.05. The van der Waals surface area contributed by atoms with Crippen molar-refractivity contribution in [1.82, 2.24) is 0 Å². The first kappa shape index (κ1) is 17.7. The first-order valence-corrected chi connectivity index (χ1v) is 9.73. The number of hydrogen-bond donors (Lipinski definition) is 2. The van der Waals surface area contributed by atoms with Crippen molar-refractivity contribution in [2.45, 2.75) is 16.1 Å². The van der Waals surface area contributed by atoms with Gasteiger partial charge in [0.15, 0.2) is 9.84 Å². The van der Waals surface area contributed by atoms with Gasteiger partial charge < -0.3 is 10.8 Å². The van der Waals surface area contributed by atoms with Crippen molar-refractivity contribution in [2.75, 3.05) is 13.2 Å². The maximum absolute atomic E-state index is 13.1. The van der Waals surface area contributed by atoms with Gasteiger partial charge in [-0.1, -0.05) is 35.3 Å². The SMILES string of the molecule is NC[C@@]1(CO)[C@H](S(=O)(=O)c2ccc(Cl)cc2)[C@@H]1c1cccc(Cl)c1. The lowest BCUT2D eigenvalue weighted by Gasteiger charge is -2.12. The summed E-state index contributed by atoms with van der Waals surface area (Å²) in [5, 5.41) is 10.1. The minimum atomic E-state index is -3.67. The summed E-state index contributed by atoms with van der Waals surface area (Å²) in [5.74, 6) is -0.396. The Morgan fingerprint density at radius 2 is 1.75 bits per heavy atom. The normalized spacial score (nSPS) is 26.3. The molecule has 3 N–H and O–H groups in total. The maximum Gasteiger partial charge on any atom is 0.182 e. The van der Waals surface area contributed by atoms with E-state index in [-0.39, 0.29) is 18.0 Å². The van der Waals surface area contributed by atoms with Gasteiger partial charge in [0, 0.05) is 27.9 Å². The summed E-state index contributed by atoms with van der Waals surface area (Å²) in [6.07, 6.45) is 0. The lowest BCUT2D eigenvalue weighted by molar-refractivity contribution is 0.212. The molecule has 0 aromatic heterocycles. The standard InChI is InChI=1S/C17H17Cl2NO3S/c18-12-4-6-14(7-5-12)24(22,23)16-15(17(16,9-20)10-21)11-2-1-3-13(19)8-11/h1-8,15-16,21H,9-10,20H2/t15-,16+,17-/m0/s1. The number of rotatable bonds is 5. The fourth-order valence-corrected chi connectivity index (χ4v) is 6.19. The van der Waals surface area contributed by atoms with Gasteiger partial charge in [-0.25, -0.2) is 8.42 Å². The van der Waals surface area contributed by atoms with Crippen LogP contribution in [0.2, 0.25) is 10.0 Å². The Hall–Kier alpha value is -1.11. The second kappa shape index (κ2) is 6.32. The van der Waals surface area contributed by atoms with Gasteiger partial charge in [-0.3, -0.25) is 0 Å². The molecule has 0 aliphatic heterocycles. The molecule has 0 bridgehead atoms. The maximum atomic E-state index is 13.1. The molecule has 0 radical (unpaired) electrons. The number of halogens is 2. The summed E-state index contributed by atoms with van der Waals surface area (Å²) in [4.78, 5) is 0.174. The van der Waals surface area contributed by atoms with E-state index in [4.69, 9.17) is 28.9 Å². The van der Waals surface area contributed by atoms with Gasteiger partial charge in [0.2, 0.25) is 0 Å². The molecule has 7 heteroatoms. The van der Waals surface area contributed by atoms with Crippen LogP contribution in [0.5, 0.6) is 0 Å². The fraction of sp³-hybridized carbons (Fsp3) is 0.294. The predicted molar refractivity (Wildman–Crippen MR) is 95.2 cm³/mol. The smallest absolute Gasteiger partial charge is 0.182 e. The number of sulfone groups is 1. The molecule has 3 rings (SSSR count). The lowest BCUT2D eigenvalue weighted by atomic mass is 10.0. The summed E-state index contributed by atoms with van der Waals surface area (Å²) in [5.41, 5.74) is 5.72. The molecule has 128 valence electrons. The third-order valence-electron chi connectivity index (χ3n) is 4.74. The van der Waals surface area contributed by atoms with Crippen molar-refractivity contribution >= 4 is 33.0 Å². The van der Waals surface area contributed by atoms with Crippen LogP contribution in [0.15, 0.2) is 53.4 Å². The topological polar surface area (TPSA) is 80.4 Å². The van der Waals surface area contributed by atoms with E-state index in [1.165, 1.54) is 24.3 Å². The van der Waals surface area contributed by atoms with Crippen LogP contribution in [0.1, 0.15) is 11.5 Å². The van der Waals surface area contributed by atoms with Crippen LogP contribution in [0.4, 0.5) is 0 Å². The van der Waals surface area contributed by atoms with Crippen LogP contribution in [0.3, 0.4) is 0 Å². The van der Waals surface area contributed by atoms with Crippen LogP contribution in [0, 0.1) is 5.41 Å². The van der Waals surface area contributed by atoms with Gasteiger partial charge in [-0.05, 0) is 42.0 Å². The highest BCUT2D eigenvalue weighted by Gasteiger charge is 2.70. The van der Waals surface area contributed by atoms with E-state index in [0.29, 0.717) is 10.0 Å². The van der Waals surface area contributed by atoms with Crippen LogP contribution >= 0.6 is 23.2 Å². The summed E-state index contributed by atoms with van der Waals surface area (Å²) < 4.78 is 26.1. The average molecular weight is 386 g/mol. The van der Waals surface area contributed by atoms with Gasteiger partial charge in [-0.15, -0.1) is 0 Å². The number of hydrogen-bond acceptors (Lipinski definition) is 4. The lowest BCUT2D eigenvalue weighted by Crippen LogP contribution is -2.27. The van der Waals surface area contributed by atoms with E-state index >= 15 is 0 Å². The molecule has 24 heavy (non-hydrogen) atoms. The molecule has 2 aromatic rings. The molecule has 0 saturated heterocycles. The average Bonchev–Trinajstić information content (AvgIpc) is 3.26. The third-order valence-corrected chi connectivity index (χ3v) is 7.56. The quantitative estimate of drug-likeness (QED) is 0.828. The highest BCUT2D eigenvalue weighted by molar-refractivity contribution is 7.92. The molecule has 1 fully saturated rings. The summed E-state index contributed by atoms with van der Waals surface area (Å²) >= 11 is 11.9. The minimum Gasteiger partial charge on any atom is -0.396 e. The number of aliphatic hydroxyl groups is 1. The van der Waals surface area contributed by atoms with Gasteiger partial charge in [0.25, 0.3) is 0 Å². The predicted octanol–water partition coefficient (Wildman–Crippen LogP) is 2.87. The molecule has 3 atom stereocenters. The van der Waals surface area contributed by atoms with E-state index in [0.717, 1.165) is 5.56 Å². The van der Waals surface area contributed by atoms with Crippen molar-refractivity contribution in [2.24, 2.45) is 11.1 Å². The third kappa shape index (κ3) is 2.74. The molecule has 2 aromatic carbocycles. The van der Waals surface area contributed by atoms with Crippen molar-refractivity contribution in [3.05, 3.63) is 64.1 Å². The summed E-state index contributed by atoms with van der Waals surface area (Å²) in [6.45, 7) is -0.240. The van der Waals surface area contributed by atoms with Crippen molar-refractivity contribution in [1.29, 1.82) is 0 Å². The van der Waals surface area contributed by atoms with Crippen LogP contribution in [0.25, 0.3) is 0 Å². The first-order chi connectivity index (χ1) is 11.4. The monoisotopic (exact) mass is 385 g/mol. The van der Waals surface area contributed by atoms with Crippen molar-refractivity contribution in [3.8, 4) is 0 Å². The van der Waals surface area contributed by atoms with E-state index in [1.807, 2.05) is 6.07 Å². The molecule has 0 spiro atoms. The Labute approximate surface area is 151 Å². The molecule has 0 amide bonds. The summed E-state index contributed by atoms with van der Waals surface area (Å²) in [7, 11) is -3.67. The number of aliphatic hydroxyl groups excluding tert-OH is 1. The van der Waals surface area contributed by atoms with Gasteiger partial charge in [0.1, 0.15) is 0 Å². The molecule has 0 heterocycles. The molecule has 0 unspecified atom stereocenters. The van der Waals surface area contributed by atoms with Gasteiger partial charge >= 0.3 is 0 Å². The van der Waals surface area contributed by atoms with Crippen LogP contribution in [-0.4, -0.2) is 31.9 Å². The van der Waals surface area contributed by atoms with E-state index in [1.54, 1.807) is 18.2 Å². The van der Waals surface area contributed by atoms with E-state index < -0.39 is 26.4 Å².